The summed E-state index contributed by atoms with van der Waals surface area (Å²) in [5.74, 6) is 0. The highest BCUT2D eigenvalue weighted by Gasteiger charge is 2.19. The molecule has 102 valence electrons. The Kier molecular flexibility index (Phi) is 4.64. The summed E-state index contributed by atoms with van der Waals surface area (Å²) in [6.45, 7) is 0. The highest BCUT2D eigenvalue weighted by molar-refractivity contribution is 6.31. The zero-order valence-corrected chi connectivity index (χ0v) is 11.9. The van der Waals surface area contributed by atoms with Crippen molar-refractivity contribution in [3.05, 3.63) is 69.2 Å². The fraction of sp³-hybridized carbons (Fsp3) is 0.133. The maximum Gasteiger partial charge on any atom is 0.0992 e. The van der Waals surface area contributed by atoms with Crippen LogP contribution in [0.15, 0.2) is 42.5 Å². The molecule has 0 saturated heterocycles. The van der Waals surface area contributed by atoms with E-state index < -0.39 is 12.1 Å². The monoisotopic (exact) mass is 306 g/mol. The molecule has 0 radical (unpaired) electrons. The topological polar surface area (TPSA) is 70.0 Å². The second-order valence-electron chi connectivity index (χ2n) is 4.41. The summed E-state index contributed by atoms with van der Waals surface area (Å²) in [7, 11) is 0. The third-order valence-corrected chi connectivity index (χ3v) is 3.46. The van der Waals surface area contributed by atoms with Gasteiger partial charge in [0.25, 0.3) is 0 Å². The zero-order valence-electron chi connectivity index (χ0n) is 10.4. The van der Waals surface area contributed by atoms with Crippen LogP contribution in [-0.4, -0.2) is 5.11 Å². The lowest BCUT2D eigenvalue weighted by atomic mass is 9.95. The number of hydrogen-bond donors (Lipinski definition) is 2. The van der Waals surface area contributed by atoms with Crippen molar-refractivity contribution >= 4 is 23.2 Å². The number of nitrogens with zero attached hydrogens (tertiary/aromatic N) is 1. The van der Waals surface area contributed by atoms with E-state index in [1.54, 1.807) is 36.4 Å². The minimum Gasteiger partial charge on any atom is -0.386 e. The van der Waals surface area contributed by atoms with E-state index in [0.29, 0.717) is 21.2 Å². The summed E-state index contributed by atoms with van der Waals surface area (Å²) in [5, 5.41) is 20.2. The lowest BCUT2D eigenvalue weighted by Crippen LogP contribution is -2.19. The molecule has 0 amide bonds. The quantitative estimate of drug-likeness (QED) is 0.910. The average Bonchev–Trinajstić information content (AvgIpc) is 2.45. The van der Waals surface area contributed by atoms with Gasteiger partial charge in [0.15, 0.2) is 0 Å². The number of nitrogens with two attached hydrogens (primary N) is 1. The first-order chi connectivity index (χ1) is 9.51. The third kappa shape index (κ3) is 3.30. The highest BCUT2D eigenvalue weighted by atomic mass is 35.5. The number of rotatable bonds is 3. The van der Waals surface area contributed by atoms with Crippen LogP contribution in [0.1, 0.15) is 28.8 Å². The summed E-state index contributed by atoms with van der Waals surface area (Å²) < 4.78 is 0. The molecule has 2 aromatic rings. The molecule has 0 aliphatic heterocycles. The molecule has 0 aliphatic rings. The van der Waals surface area contributed by atoms with Crippen molar-refractivity contribution in [2.45, 2.75) is 12.1 Å². The molecule has 3 nitrogen and oxygen atoms in total. The molecule has 2 unspecified atom stereocenters. The first-order valence-corrected chi connectivity index (χ1v) is 6.66. The summed E-state index contributed by atoms with van der Waals surface area (Å²) in [4.78, 5) is 0. The molecule has 0 bridgehead atoms. The Hall–Kier alpha value is -1.57. The van der Waals surface area contributed by atoms with E-state index in [1.165, 1.54) is 6.07 Å². The smallest absolute Gasteiger partial charge is 0.0992 e. The van der Waals surface area contributed by atoms with Gasteiger partial charge in [-0.1, -0.05) is 35.3 Å². The van der Waals surface area contributed by atoms with Crippen molar-refractivity contribution in [2.75, 3.05) is 0 Å². The van der Waals surface area contributed by atoms with Gasteiger partial charge >= 0.3 is 0 Å². The largest absolute Gasteiger partial charge is 0.386 e. The average molecular weight is 307 g/mol. The van der Waals surface area contributed by atoms with Crippen molar-refractivity contribution in [3.63, 3.8) is 0 Å². The van der Waals surface area contributed by atoms with Crippen molar-refractivity contribution < 1.29 is 5.11 Å². The van der Waals surface area contributed by atoms with E-state index in [0.717, 1.165) is 5.56 Å². The molecule has 5 heteroatoms. The Morgan fingerprint density at radius 1 is 1.00 bits per heavy atom. The van der Waals surface area contributed by atoms with Gasteiger partial charge in [-0.3, -0.25) is 0 Å². The van der Waals surface area contributed by atoms with E-state index in [2.05, 4.69) is 0 Å². The van der Waals surface area contributed by atoms with Crippen LogP contribution in [0.5, 0.6) is 0 Å². The summed E-state index contributed by atoms with van der Waals surface area (Å²) >= 11 is 11.7. The molecule has 0 fully saturated rings. The normalized spacial score (nSPS) is 13.6. The molecule has 2 rings (SSSR count). The lowest BCUT2D eigenvalue weighted by molar-refractivity contribution is 0.147. The standard InChI is InChI=1S/C15H12Cl2N2O/c16-12-3-1-10(2-4-12)14(19)15(20)11-5-9(8-18)6-13(17)7-11/h1-7,14-15,20H,19H2. The molecule has 2 atom stereocenters. The van der Waals surface area contributed by atoms with Crippen molar-refractivity contribution in [1.29, 1.82) is 5.26 Å². The van der Waals surface area contributed by atoms with Crippen LogP contribution in [0.2, 0.25) is 10.0 Å². The van der Waals surface area contributed by atoms with Crippen molar-refractivity contribution in [1.82, 2.24) is 0 Å². The molecule has 0 saturated carbocycles. The van der Waals surface area contributed by atoms with Gasteiger partial charge in [-0.25, -0.2) is 0 Å². The second kappa shape index (κ2) is 6.25. The molecular formula is C15H12Cl2N2O. The minimum atomic E-state index is -0.957. The van der Waals surface area contributed by atoms with Gasteiger partial charge < -0.3 is 10.8 Å². The van der Waals surface area contributed by atoms with Crippen molar-refractivity contribution in [3.8, 4) is 6.07 Å². The predicted molar refractivity (Wildman–Crippen MR) is 79.5 cm³/mol. The molecule has 0 aromatic heterocycles. The fourth-order valence-electron chi connectivity index (χ4n) is 1.92. The first-order valence-electron chi connectivity index (χ1n) is 5.91. The number of aliphatic hydroxyl groups is 1. The minimum absolute atomic E-state index is 0.384. The Morgan fingerprint density at radius 2 is 1.65 bits per heavy atom. The van der Waals surface area contributed by atoms with Gasteiger partial charge in [-0.2, -0.15) is 5.26 Å². The van der Waals surface area contributed by atoms with E-state index in [4.69, 9.17) is 34.2 Å². The van der Waals surface area contributed by atoms with Crippen LogP contribution in [0.3, 0.4) is 0 Å². The fourth-order valence-corrected chi connectivity index (χ4v) is 2.29. The first kappa shape index (κ1) is 14.8. The highest BCUT2D eigenvalue weighted by Crippen LogP contribution is 2.29. The summed E-state index contributed by atoms with van der Waals surface area (Å²) in [6.07, 6.45) is -0.957. The van der Waals surface area contributed by atoms with Gasteiger partial charge in [0.1, 0.15) is 0 Å². The number of nitriles is 1. The predicted octanol–water partition coefficient (Wildman–Crippen LogP) is 3.60. The Morgan fingerprint density at radius 3 is 2.25 bits per heavy atom. The number of hydrogen-bond acceptors (Lipinski definition) is 3. The van der Waals surface area contributed by atoms with E-state index in [9.17, 15) is 5.11 Å². The van der Waals surface area contributed by atoms with Crippen LogP contribution in [0.25, 0.3) is 0 Å². The molecular weight excluding hydrogens is 295 g/mol. The van der Waals surface area contributed by atoms with Crippen molar-refractivity contribution in [2.24, 2.45) is 5.73 Å². The molecule has 3 N–H and O–H groups in total. The second-order valence-corrected chi connectivity index (χ2v) is 5.28. The maximum absolute atomic E-state index is 10.3. The van der Waals surface area contributed by atoms with Crippen LogP contribution < -0.4 is 5.73 Å². The third-order valence-electron chi connectivity index (χ3n) is 2.99. The summed E-state index contributed by atoms with van der Waals surface area (Å²) in [6, 6.07) is 13.0. The van der Waals surface area contributed by atoms with Gasteiger partial charge in [-0.15, -0.1) is 0 Å². The van der Waals surface area contributed by atoms with E-state index >= 15 is 0 Å². The van der Waals surface area contributed by atoms with E-state index in [1.807, 2.05) is 6.07 Å². The number of benzene rings is 2. The Balaban J connectivity index is 2.31. The Bertz CT molecular complexity index is 650. The lowest BCUT2D eigenvalue weighted by Gasteiger charge is -2.20. The SMILES string of the molecule is N#Cc1cc(Cl)cc(C(O)C(N)c2ccc(Cl)cc2)c1. The van der Waals surface area contributed by atoms with Crippen LogP contribution in [0, 0.1) is 11.3 Å². The van der Waals surface area contributed by atoms with Gasteiger partial charge in [-0.05, 0) is 41.5 Å². The van der Waals surface area contributed by atoms with Crippen LogP contribution >= 0.6 is 23.2 Å². The molecule has 0 spiro atoms. The molecule has 0 aliphatic carbocycles. The number of aliphatic hydroxyl groups excluding tert-OH is 1. The maximum atomic E-state index is 10.3. The number of halogens is 2. The molecule has 2 aromatic carbocycles. The van der Waals surface area contributed by atoms with Crippen LogP contribution in [-0.2, 0) is 0 Å². The van der Waals surface area contributed by atoms with Gasteiger partial charge in [0, 0.05) is 10.0 Å². The summed E-state index contributed by atoms with van der Waals surface area (Å²) in [5.41, 5.74) is 7.69. The molecule has 0 heterocycles. The zero-order chi connectivity index (χ0) is 14.7. The van der Waals surface area contributed by atoms with Gasteiger partial charge in [0.05, 0.1) is 23.8 Å². The van der Waals surface area contributed by atoms with Crippen LogP contribution in [0.4, 0.5) is 0 Å². The Labute approximate surface area is 127 Å². The van der Waals surface area contributed by atoms with E-state index in [-0.39, 0.29) is 0 Å². The van der Waals surface area contributed by atoms with Gasteiger partial charge in [0.2, 0.25) is 0 Å². The molecule has 20 heavy (non-hydrogen) atoms.